The van der Waals surface area contributed by atoms with Gasteiger partial charge in [0.2, 0.25) is 15.9 Å². The standard InChI is InChI=1S/C18H28N2O4S/c1-4-5-10-19-18(21)15-7-6-11-20(13-15)25(22,23)17-12-14(2)8-9-16(17)24-3/h8-9,12,15H,4-7,10-11,13H2,1-3H3,(H,19,21)/t15-/m0/s1. The van der Waals surface area contributed by atoms with E-state index in [1.807, 2.05) is 13.0 Å². The molecule has 1 N–H and O–H groups in total. The van der Waals surface area contributed by atoms with Gasteiger partial charge in [0.1, 0.15) is 10.6 Å². The monoisotopic (exact) mass is 368 g/mol. The number of rotatable bonds is 7. The van der Waals surface area contributed by atoms with Crippen LogP contribution in [0, 0.1) is 12.8 Å². The Hall–Kier alpha value is -1.60. The fourth-order valence-electron chi connectivity index (χ4n) is 3.03. The van der Waals surface area contributed by atoms with Crippen LogP contribution in [0.4, 0.5) is 0 Å². The number of methoxy groups -OCH3 is 1. The summed E-state index contributed by atoms with van der Waals surface area (Å²) in [7, 11) is -2.23. The van der Waals surface area contributed by atoms with Gasteiger partial charge in [-0.15, -0.1) is 0 Å². The average Bonchev–Trinajstić information content (AvgIpc) is 2.62. The lowest BCUT2D eigenvalue weighted by Crippen LogP contribution is -2.45. The first kappa shape index (κ1) is 19.7. The summed E-state index contributed by atoms with van der Waals surface area (Å²) < 4.78 is 32.8. The van der Waals surface area contributed by atoms with Gasteiger partial charge in [0.15, 0.2) is 0 Å². The predicted molar refractivity (Wildman–Crippen MR) is 97.1 cm³/mol. The molecule has 1 amide bonds. The average molecular weight is 368 g/mol. The van der Waals surface area contributed by atoms with Gasteiger partial charge in [0.25, 0.3) is 0 Å². The molecule has 0 spiro atoms. The Morgan fingerprint density at radius 1 is 1.40 bits per heavy atom. The minimum absolute atomic E-state index is 0.0513. The highest BCUT2D eigenvalue weighted by atomic mass is 32.2. The summed E-state index contributed by atoms with van der Waals surface area (Å²) in [5.74, 6) is -0.0131. The van der Waals surface area contributed by atoms with Crippen LogP contribution in [0.25, 0.3) is 0 Å². The lowest BCUT2D eigenvalue weighted by atomic mass is 9.99. The normalized spacial score (nSPS) is 18.8. The van der Waals surface area contributed by atoms with E-state index in [9.17, 15) is 13.2 Å². The molecule has 1 aromatic rings. The van der Waals surface area contributed by atoms with Crippen molar-refractivity contribution in [1.29, 1.82) is 0 Å². The maximum atomic E-state index is 13.1. The van der Waals surface area contributed by atoms with Gasteiger partial charge < -0.3 is 10.1 Å². The minimum atomic E-state index is -3.69. The van der Waals surface area contributed by atoms with E-state index in [0.717, 1.165) is 24.8 Å². The second-order valence-electron chi connectivity index (χ2n) is 6.50. The van der Waals surface area contributed by atoms with Gasteiger partial charge in [-0.3, -0.25) is 4.79 Å². The summed E-state index contributed by atoms with van der Waals surface area (Å²) in [5.41, 5.74) is 0.852. The van der Waals surface area contributed by atoms with E-state index < -0.39 is 10.0 Å². The first-order valence-corrected chi connectivity index (χ1v) is 10.3. The summed E-state index contributed by atoms with van der Waals surface area (Å²) >= 11 is 0. The molecular weight excluding hydrogens is 340 g/mol. The molecule has 1 aromatic carbocycles. The summed E-state index contributed by atoms with van der Waals surface area (Å²) in [5, 5.41) is 2.91. The maximum Gasteiger partial charge on any atom is 0.246 e. The molecule has 0 aromatic heterocycles. The van der Waals surface area contributed by atoms with Gasteiger partial charge in [-0.1, -0.05) is 19.4 Å². The fraction of sp³-hybridized carbons (Fsp3) is 0.611. The van der Waals surface area contributed by atoms with Crippen LogP contribution in [0.2, 0.25) is 0 Å². The van der Waals surface area contributed by atoms with Gasteiger partial charge in [-0.2, -0.15) is 4.31 Å². The Morgan fingerprint density at radius 2 is 2.16 bits per heavy atom. The molecule has 1 aliphatic heterocycles. The van der Waals surface area contributed by atoms with Crippen molar-refractivity contribution in [2.45, 2.75) is 44.4 Å². The molecule has 1 atom stereocenters. The molecule has 140 valence electrons. The molecule has 25 heavy (non-hydrogen) atoms. The van der Waals surface area contributed by atoms with Crippen LogP contribution >= 0.6 is 0 Å². The molecule has 6 nitrogen and oxygen atoms in total. The van der Waals surface area contributed by atoms with Crippen molar-refractivity contribution in [1.82, 2.24) is 9.62 Å². The van der Waals surface area contributed by atoms with Crippen molar-refractivity contribution in [3.8, 4) is 5.75 Å². The highest BCUT2D eigenvalue weighted by Gasteiger charge is 2.34. The van der Waals surface area contributed by atoms with Crippen LogP contribution in [0.3, 0.4) is 0 Å². The van der Waals surface area contributed by atoms with Crippen LogP contribution in [0.5, 0.6) is 5.75 Å². The predicted octanol–water partition coefficient (Wildman–Crippen LogP) is 2.32. The molecule has 1 aliphatic rings. The summed E-state index contributed by atoms with van der Waals surface area (Å²) in [6.45, 7) is 5.20. The Morgan fingerprint density at radius 3 is 2.84 bits per heavy atom. The molecule has 0 unspecified atom stereocenters. The van der Waals surface area contributed by atoms with E-state index >= 15 is 0 Å². The second kappa shape index (κ2) is 8.67. The molecule has 2 rings (SSSR count). The number of sulfonamides is 1. The van der Waals surface area contributed by atoms with Crippen molar-refractivity contribution in [2.75, 3.05) is 26.7 Å². The number of hydrogen-bond acceptors (Lipinski definition) is 4. The third-order valence-electron chi connectivity index (χ3n) is 4.52. The number of nitrogens with zero attached hydrogens (tertiary/aromatic N) is 1. The van der Waals surface area contributed by atoms with Crippen LogP contribution in [-0.4, -0.2) is 45.4 Å². The zero-order chi connectivity index (χ0) is 18.4. The quantitative estimate of drug-likeness (QED) is 0.750. The van der Waals surface area contributed by atoms with E-state index in [1.165, 1.54) is 11.4 Å². The molecule has 1 heterocycles. The van der Waals surface area contributed by atoms with E-state index in [-0.39, 0.29) is 23.3 Å². The molecule has 0 aliphatic carbocycles. The number of benzene rings is 1. The van der Waals surface area contributed by atoms with E-state index in [0.29, 0.717) is 25.3 Å². The van der Waals surface area contributed by atoms with Crippen molar-refractivity contribution < 1.29 is 17.9 Å². The topological polar surface area (TPSA) is 75.7 Å². The van der Waals surface area contributed by atoms with Gasteiger partial charge in [0, 0.05) is 19.6 Å². The Kier molecular flexibility index (Phi) is 6.84. The van der Waals surface area contributed by atoms with Gasteiger partial charge in [-0.05, 0) is 43.9 Å². The van der Waals surface area contributed by atoms with Crippen molar-refractivity contribution in [3.05, 3.63) is 23.8 Å². The first-order chi connectivity index (χ1) is 11.9. The number of hydrogen-bond donors (Lipinski definition) is 1. The molecular formula is C18H28N2O4S. The number of carbonyl (C=O) groups is 1. The molecule has 0 saturated carbocycles. The second-order valence-corrected chi connectivity index (χ2v) is 8.41. The van der Waals surface area contributed by atoms with Crippen molar-refractivity contribution in [3.63, 3.8) is 0 Å². The Labute approximate surface area is 150 Å². The number of carbonyl (C=O) groups excluding carboxylic acids is 1. The summed E-state index contributed by atoms with van der Waals surface area (Å²) in [4.78, 5) is 12.5. The van der Waals surface area contributed by atoms with E-state index in [4.69, 9.17) is 4.74 Å². The number of amides is 1. The fourth-order valence-corrected chi connectivity index (χ4v) is 4.80. The highest BCUT2D eigenvalue weighted by molar-refractivity contribution is 7.89. The molecule has 7 heteroatoms. The Bertz CT molecular complexity index is 703. The largest absolute Gasteiger partial charge is 0.495 e. The van der Waals surface area contributed by atoms with Crippen molar-refractivity contribution >= 4 is 15.9 Å². The molecule has 1 saturated heterocycles. The first-order valence-electron chi connectivity index (χ1n) is 8.82. The van der Waals surface area contributed by atoms with Gasteiger partial charge >= 0.3 is 0 Å². The van der Waals surface area contributed by atoms with E-state index in [1.54, 1.807) is 12.1 Å². The summed E-state index contributed by atoms with van der Waals surface area (Å²) in [6.07, 6.45) is 3.34. The SMILES string of the molecule is CCCCNC(=O)[C@H]1CCCN(S(=O)(=O)c2cc(C)ccc2OC)C1. The number of unbranched alkanes of at least 4 members (excludes halogenated alkanes) is 1. The number of aryl methyl sites for hydroxylation is 1. The van der Waals surface area contributed by atoms with Crippen molar-refractivity contribution in [2.24, 2.45) is 5.92 Å². The molecule has 0 bridgehead atoms. The highest BCUT2D eigenvalue weighted by Crippen LogP contribution is 2.30. The van der Waals surface area contributed by atoms with Crippen LogP contribution in [-0.2, 0) is 14.8 Å². The number of nitrogens with one attached hydrogen (secondary N) is 1. The molecule has 1 fully saturated rings. The third kappa shape index (κ3) is 4.73. The van der Waals surface area contributed by atoms with Crippen LogP contribution < -0.4 is 10.1 Å². The van der Waals surface area contributed by atoms with E-state index in [2.05, 4.69) is 12.2 Å². The van der Waals surface area contributed by atoms with Gasteiger partial charge in [0.05, 0.1) is 13.0 Å². The summed E-state index contributed by atoms with van der Waals surface area (Å²) in [6, 6.07) is 5.11. The zero-order valence-corrected chi connectivity index (χ0v) is 16.1. The minimum Gasteiger partial charge on any atom is -0.495 e. The zero-order valence-electron chi connectivity index (χ0n) is 15.2. The number of ether oxygens (including phenoxy) is 1. The Balaban J connectivity index is 2.17. The van der Waals surface area contributed by atoms with Gasteiger partial charge in [-0.25, -0.2) is 8.42 Å². The van der Waals surface area contributed by atoms with Crippen LogP contribution in [0.15, 0.2) is 23.1 Å². The molecule has 0 radical (unpaired) electrons. The smallest absolute Gasteiger partial charge is 0.246 e. The number of piperidine rings is 1. The maximum absolute atomic E-state index is 13.1. The lowest BCUT2D eigenvalue weighted by Gasteiger charge is -2.31. The third-order valence-corrected chi connectivity index (χ3v) is 6.41. The van der Waals surface area contributed by atoms with Crippen LogP contribution in [0.1, 0.15) is 38.2 Å². The lowest BCUT2D eigenvalue weighted by molar-refractivity contribution is -0.126.